The van der Waals surface area contributed by atoms with Crippen molar-refractivity contribution in [2.45, 2.75) is 6.42 Å². The number of carbonyl (C=O) groups excluding carboxylic acids is 2. The zero-order valence-corrected chi connectivity index (χ0v) is 9.23. The lowest BCUT2D eigenvalue weighted by Gasteiger charge is -2.15. The van der Waals surface area contributed by atoms with E-state index >= 15 is 0 Å². The van der Waals surface area contributed by atoms with Crippen LogP contribution in [0.3, 0.4) is 0 Å². The van der Waals surface area contributed by atoms with E-state index in [0.29, 0.717) is 25.1 Å². The Morgan fingerprint density at radius 2 is 2.06 bits per heavy atom. The molecule has 3 N–H and O–H groups in total. The van der Waals surface area contributed by atoms with Crippen LogP contribution in [-0.4, -0.2) is 30.4 Å². The highest BCUT2D eigenvalue weighted by atomic mass is 19.1. The number of carbonyl (C=O) groups is 2. The number of hydrogen-bond donors (Lipinski definition) is 2. The molecule has 5 nitrogen and oxygen atoms in total. The van der Waals surface area contributed by atoms with Gasteiger partial charge in [0.05, 0.1) is 0 Å². The largest absolute Gasteiger partial charge is 0.330 e. The molecule has 17 heavy (non-hydrogen) atoms. The predicted molar refractivity (Wildman–Crippen MR) is 61.9 cm³/mol. The normalized spacial score (nSPS) is 9.76. The maximum Gasteiger partial charge on any atom is 0.328 e. The van der Waals surface area contributed by atoms with Crippen molar-refractivity contribution in [3.8, 4) is 0 Å². The van der Waals surface area contributed by atoms with Gasteiger partial charge in [-0.3, -0.25) is 9.69 Å². The van der Waals surface area contributed by atoms with E-state index in [2.05, 4.69) is 5.32 Å². The van der Waals surface area contributed by atoms with E-state index in [1.807, 2.05) is 0 Å². The van der Waals surface area contributed by atoms with Crippen LogP contribution < -0.4 is 11.1 Å². The molecular weight excluding hydrogens is 225 g/mol. The van der Waals surface area contributed by atoms with Crippen LogP contribution in [0.2, 0.25) is 0 Å². The minimum atomic E-state index is -0.556. The number of anilines is 1. The van der Waals surface area contributed by atoms with Crippen LogP contribution in [-0.2, 0) is 4.79 Å². The van der Waals surface area contributed by atoms with Crippen molar-refractivity contribution in [2.24, 2.45) is 5.73 Å². The second-order valence-electron chi connectivity index (χ2n) is 3.38. The summed E-state index contributed by atoms with van der Waals surface area (Å²) >= 11 is 0. The average molecular weight is 239 g/mol. The van der Waals surface area contributed by atoms with Gasteiger partial charge < -0.3 is 11.1 Å². The number of nitrogens with zero attached hydrogens (tertiary/aromatic N) is 1. The molecule has 0 radical (unpaired) electrons. The SMILES string of the molecule is NCCCN(C=O)C(=O)Nc1ccc(F)cc1. The lowest BCUT2D eigenvalue weighted by Crippen LogP contribution is -2.35. The van der Waals surface area contributed by atoms with E-state index in [1.165, 1.54) is 24.3 Å². The number of nitrogens with one attached hydrogen (secondary N) is 1. The first-order valence-electron chi connectivity index (χ1n) is 5.16. The Labute approximate surface area is 98.4 Å². The summed E-state index contributed by atoms with van der Waals surface area (Å²) in [6.45, 7) is 0.654. The third-order valence-corrected chi connectivity index (χ3v) is 2.09. The highest BCUT2D eigenvalue weighted by molar-refractivity contribution is 5.95. The van der Waals surface area contributed by atoms with E-state index in [-0.39, 0.29) is 6.54 Å². The lowest BCUT2D eigenvalue weighted by atomic mass is 10.3. The van der Waals surface area contributed by atoms with Crippen LogP contribution in [0, 0.1) is 5.82 Å². The third kappa shape index (κ3) is 4.20. The topological polar surface area (TPSA) is 75.4 Å². The standard InChI is InChI=1S/C11H14FN3O2/c12-9-2-4-10(5-3-9)14-11(17)15(8-16)7-1-6-13/h2-5,8H,1,6-7,13H2,(H,14,17). The van der Waals surface area contributed by atoms with Crippen LogP contribution in [0.4, 0.5) is 14.9 Å². The summed E-state index contributed by atoms with van der Waals surface area (Å²) in [6.07, 6.45) is 0.976. The second-order valence-corrected chi connectivity index (χ2v) is 3.38. The first-order valence-corrected chi connectivity index (χ1v) is 5.16. The molecule has 92 valence electrons. The Hall–Kier alpha value is -1.95. The zero-order chi connectivity index (χ0) is 12.7. The van der Waals surface area contributed by atoms with E-state index < -0.39 is 11.8 Å². The van der Waals surface area contributed by atoms with Crippen LogP contribution >= 0.6 is 0 Å². The minimum Gasteiger partial charge on any atom is -0.330 e. The molecule has 0 aliphatic carbocycles. The molecule has 0 heterocycles. The summed E-state index contributed by atoms with van der Waals surface area (Å²) in [6, 6.07) is 4.72. The summed E-state index contributed by atoms with van der Waals surface area (Å²) < 4.78 is 12.6. The smallest absolute Gasteiger partial charge is 0.328 e. The van der Waals surface area contributed by atoms with E-state index in [0.717, 1.165) is 4.90 Å². The summed E-state index contributed by atoms with van der Waals surface area (Å²) in [7, 11) is 0. The van der Waals surface area contributed by atoms with Crippen molar-refractivity contribution >= 4 is 18.1 Å². The predicted octanol–water partition coefficient (Wildman–Crippen LogP) is 1.16. The van der Waals surface area contributed by atoms with Crippen LogP contribution in [0.1, 0.15) is 6.42 Å². The highest BCUT2D eigenvalue weighted by Gasteiger charge is 2.11. The van der Waals surface area contributed by atoms with Gasteiger partial charge in [0.25, 0.3) is 0 Å². The van der Waals surface area contributed by atoms with Crippen molar-refractivity contribution in [1.82, 2.24) is 4.90 Å². The average Bonchev–Trinajstić information content (AvgIpc) is 2.33. The van der Waals surface area contributed by atoms with Crippen molar-refractivity contribution in [2.75, 3.05) is 18.4 Å². The van der Waals surface area contributed by atoms with Gasteiger partial charge in [-0.15, -0.1) is 0 Å². The monoisotopic (exact) mass is 239 g/mol. The van der Waals surface area contributed by atoms with Gasteiger partial charge in [0, 0.05) is 12.2 Å². The molecule has 3 amide bonds. The number of benzene rings is 1. The molecule has 1 rings (SSSR count). The summed E-state index contributed by atoms with van der Waals surface area (Å²) in [4.78, 5) is 23.2. The number of nitrogens with two attached hydrogens (primary N) is 1. The Morgan fingerprint density at radius 3 is 2.59 bits per heavy atom. The molecule has 0 saturated carbocycles. The molecule has 0 atom stereocenters. The molecule has 0 aromatic heterocycles. The Morgan fingerprint density at radius 1 is 1.41 bits per heavy atom. The van der Waals surface area contributed by atoms with Crippen molar-refractivity contribution in [3.63, 3.8) is 0 Å². The molecule has 0 aliphatic rings. The first kappa shape index (κ1) is 13.1. The van der Waals surface area contributed by atoms with Crippen molar-refractivity contribution in [1.29, 1.82) is 0 Å². The quantitative estimate of drug-likeness (QED) is 0.757. The van der Waals surface area contributed by atoms with Crippen LogP contribution in [0.25, 0.3) is 0 Å². The highest BCUT2D eigenvalue weighted by Crippen LogP contribution is 2.08. The van der Waals surface area contributed by atoms with Gasteiger partial charge in [-0.1, -0.05) is 0 Å². The molecule has 0 fully saturated rings. The minimum absolute atomic E-state index is 0.257. The van der Waals surface area contributed by atoms with Gasteiger partial charge >= 0.3 is 6.03 Å². The number of halogens is 1. The number of hydrogen-bond acceptors (Lipinski definition) is 3. The molecule has 0 bridgehead atoms. The summed E-state index contributed by atoms with van der Waals surface area (Å²) in [5.41, 5.74) is 5.71. The number of urea groups is 1. The van der Waals surface area contributed by atoms with E-state index in [4.69, 9.17) is 5.73 Å². The van der Waals surface area contributed by atoms with Gasteiger partial charge in [0.2, 0.25) is 6.41 Å². The maximum atomic E-state index is 12.6. The second kappa shape index (κ2) is 6.59. The van der Waals surface area contributed by atoms with Crippen molar-refractivity contribution in [3.05, 3.63) is 30.1 Å². The molecular formula is C11H14FN3O2. The first-order chi connectivity index (χ1) is 8.17. The fourth-order valence-corrected chi connectivity index (χ4v) is 1.19. The molecule has 6 heteroatoms. The molecule has 0 saturated heterocycles. The Bertz CT molecular complexity index is 381. The fraction of sp³-hybridized carbons (Fsp3) is 0.273. The molecule has 0 aliphatic heterocycles. The zero-order valence-electron chi connectivity index (χ0n) is 9.23. The van der Waals surface area contributed by atoms with Gasteiger partial charge in [-0.2, -0.15) is 0 Å². The fourth-order valence-electron chi connectivity index (χ4n) is 1.19. The molecule has 0 spiro atoms. The molecule has 1 aromatic rings. The van der Waals surface area contributed by atoms with Gasteiger partial charge in [-0.25, -0.2) is 9.18 Å². The van der Waals surface area contributed by atoms with Gasteiger partial charge in [0.1, 0.15) is 5.82 Å². The summed E-state index contributed by atoms with van der Waals surface area (Å²) in [5.74, 6) is -0.390. The number of amides is 3. The number of imide groups is 1. The van der Waals surface area contributed by atoms with E-state index in [9.17, 15) is 14.0 Å². The van der Waals surface area contributed by atoms with E-state index in [1.54, 1.807) is 0 Å². The summed E-state index contributed by atoms with van der Waals surface area (Å²) in [5, 5.41) is 2.48. The molecule has 1 aromatic carbocycles. The van der Waals surface area contributed by atoms with Gasteiger partial charge in [-0.05, 0) is 37.2 Å². The maximum absolute atomic E-state index is 12.6. The molecule has 0 unspecified atom stereocenters. The third-order valence-electron chi connectivity index (χ3n) is 2.09. The van der Waals surface area contributed by atoms with Crippen molar-refractivity contribution < 1.29 is 14.0 Å². The Kier molecular flexibility index (Phi) is 5.09. The van der Waals surface area contributed by atoms with Crippen LogP contribution in [0.15, 0.2) is 24.3 Å². The number of rotatable bonds is 5. The Balaban J connectivity index is 2.57. The lowest BCUT2D eigenvalue weighted by molar-refractivity contribution is -0.115. The van der Waals surface area contributed by atoms with Gasteiger partial charge in [0.15, 0.2) is 0 Å². The van der Waals surface area contributed by atoms with Crippen LogP contribution in [0.5, 0.6) is 0 Å².